The van der Waals surface area contributed by atoms with E-state index in [1.807, 2.05) is 24.3 Å². The summed E-state index contributed by atoms with van der Waals surface area (Å²) in [6.45, 7) is 0. The van der Waals surface area contributed by atoms with Crippen LogP contribution in [0.25, 0.3) is 0 Å². The summed E-state index contributed by atoms with van der Waals surface area (Å²) in [5, 5.41) is 2.83. The second kappa shape index (κ2) is 5.54. The number of benzene rings is 2. The number of halogens is 2. The first-order valence-corrected chi connectivity index (χ1v) is 6.77. The Morgan fingerprint density at radius 1 is 1.06 bits per heavy atom. The number of rotatable bonds is 2. The van der Waals surface area contributed by atoms with Crippen LogP contribution >= 0.6 is 31.9 Å². The lowest BCUT2D eigenvalue weighted by Gasteiger charge is -2.08. The van der Waals surface area contributed by atoms with E-state index in [1.54, 1.807) is 18.2 Å². The minimum atomic E-state index is -0.178. The minimum absolute atomic E-state index is 0.178. The highest BCUT2D eigenvalue weighted by atomic mass is 79.9. The third-order valence-electron chi connectivity index (χ3n) is 2.38. The van der Waals surface area contributed by atoms with E-state index in [2.05, 4.69) is 37.2 Å². The molecule has 0 fully saturated rings. The quantitative estimate of drug-likeness (QED) is 0.784. The van der Waals surface area contributed by atoms with Crippen LogP contribution in [-0.4, -0.2) is 5.91 Å². The van der Waals surface area contributed by atoms with E-state index in [1.165, 1.54) is 0 Å². The van der Waals surface area contributed by atoms with Gasteiger partial charge in [0, 0.05) is 20.2 Å². The number of nitrogen functional groups attached to an aromatic ring is 1. The van der Waals surface area contributed by atoms with Crippen molar-refractivity contribution in [3.8, 4) is 0 Å². The van der Waals surface area contributed by atoms with Crippen LogP contribution in [0, 0.1) is 0 Å². The van der Waals surface area contributed by atoms with Crippen molar-refractivity contribution in [1.29, 1.82) is 0 Å². The van der Waals surface area contributed by atoms with Crippen molar-refractivity contribution in [2.75, 3.05) is 11.1 Å². The van der Waals surface area contributed by atoms with Crippen LogP contribution in [0.2, 0.25) is 0 Å². The molecule has 0 heterocycles. The second-order valence-electron chi connectivity index (χ2n) is 3.67. The molecule has 2 aromatic carbocycles. The first-order valence-electron chi connectivity index (χ1n) is 5.19. The van der Waals surface area contributed by atoms with Gasteiger partial charge in [0.25, 0.3) is 5.91 Å². The largest absolute Gasteiger partial charge is 0.398 e. The Labute approximate surface area is 122 Å². The zero-order chi connectivity index (χ0) is 13.1. The van der Waals surface area contributed by atoms with Gasteiger partial charge in [0.15, 0.2) is 0 Å². The fourth-order valence-corrected chi connectivity index (χ4v) is 2.19. The first-order chi connectivity index (χ1) is 8.58. The lowest BCUT2D eigenvalue weighted by molar-refractivity contribution is 0.102. The number of anilines is 2. The number of carbonyl (C=O) groups is 1. The van der Waals surface area contributed by atoms with Crippen LogP contribution in [0.5, 0.6) is 0 Å². The third kappa shape index (κ3) is 2.91. The molecule has 0 aliphatic rings. The van der Waals surface area contributed by atoms with Gasteiger partial charge < -0.3 is 11.1 Å². The van der Waals surface area contributed by atoms with Gasteiger partial charge in [-0.1, -0.05) is 12.1 Å². The molecule has 92 valence electrons. The highest BCUT2D eigenvalue weighted by molar-refractivity contribution is 9.11. The normalized spacial score (nSPS) is 10.1. The summed E-state index contributed by atoms with van der Waals surface area (Å²) in [5.41, 5.74) is 7.56. The van der Waals surface area contributed by atoms with Crippen molar-refractivity contribution < 1.29 is 4.79 Å². The Morgan fingerprint density at radius 3 is 2.44 bits per heavy atom. The molecule has 5 heteroatoms. The van der Waals surface area contributed by atoms with Crippen LogP contribution in [0.1, 0.15) is 10.4 Å². The van der Waals surface area contributed by atoms with Crippen LogP contribution in [0.3, 0.4) is 0 Å². The van der Waals surface area contributed by atoms with Gasteiger partial charge in [-0.25, -0.2) is 0 Å². The molecular formula is C13H10Br2N2O. The van der Waals surface area contributed by atoms with Crippen LogP contribution in [0.4, 0.5) is 11.4 Å². The monoisotopic (exact) mass is 368 g/mol. The highest BCUT2D eigenvalue weighted by Crippen LogP contribution is 2.24. The number of para-hydroxylation sites is 1. The minimum Gasteiger partial charge on any atom is -0.398 e. The van der Waals surface area contributed by atoms with Gasteiger partial charge in [-0.05, 0) is 62.2 Å². The predicted octanol–water partition coefficient (Wildman–Crippen LogP) is 4.05. The Kier molecular flexibility index (Phi) is 4.04. The summed E-state index contributed by atoms with van der Waals surface area (Å²) in [6, 6.07) is 12.5. The van der Waals surface area contributed by atoms with Gasteiger partial charge in [-0.2, -0.15) is 0 Å². The molecule has 1 amide bonds. The third-order valence-corrected chi connectivity index (χ3v) is 3.76. The second-order valence-corrected chi connectivity index (χ2v) is 5.38. The molecule has 2 aromatic rings. The fourth-order valence-electron chi connectivity index (χ4n) is 1.43. The summed E-state index contributed by atoms with van der Waals surface area (Å²) < 4.78 is 1.55. The molecule has 18 heavy (non-hydrogen) atoms. The molecule has 2 rings (SSSR count). The molecule has 0 saturated carbocycles. The zero-order valence-electron chi connectivity index (χ0n) is 9.28. The van der Waals surface area contributed by atoms with Crippen molar-refractivity contribution in [3.05, 3.63) is 57.0 Å². The van der Waals surface area contributed by atoms with Crippen molar-refractivity contribution in [1.82, 2.24) is 0 Å². The predicted molar refractivity (Wildman–Crippen MR) is 80.6 cm³/mol. The Morgan fingerprint density at radius 2 is 1.78 bits per heavy atom. The van der Waals surface area contributed by atoms with Gasteiger partial charge in [0.05, 0.1) is 5.69 Å². The molecule has 0 atom stereocenters. The molecular weight excluding hydrogens is 360 g/mol. The lowest BCUT2D eigenvalue weighted by Crippen LogP contribution is -2.12. The maximum absolute atomic E-state index is 12.0. The summed E-state index contributed by atoms with van der Waals surface area (Å²) >= 11 is 6.68. The molecule has 0 radical (unpaired) electrons. The standard InChI is InChI=1S/C13H10Br2N2O/c14-9-3-1-2-4-12(9)17-13(18)8-5-6-11(16)10(15)7-8/h1-7H,16H2,(H,17,18). The lowest BCUT2D eigenvalue weighted by atomic mass is 10.2. The molecule has 0 saturated heterocycles. The van der Waals surface area contributed by atoms with Gasteiger partial charge in [-0.3, -0.25) is 4.79 Å². The van der Waals surface area contributed by atoms with E-state index in [9.17, 15) is 4.79 Å². The Balaban J connectivity index is 2.22. The van der Waals surface area contributed by atoms with E-state index in [-0.39, 0.29) is 5.91 Å². The average molecular weight is 370 g/mol. The molecule has 3 N–H and O–H groups in total. The van der Waals surface area contributed by atoms with E-state index in [0.717, 1.165) is 10.2 Å². The fraction of sp³-hybridized carbons (Fsp3) is 0. The van der Waals surface area contributed by atoms with Gasteiger partial charge in [0.2, 0.25) is 0 Å². The number of nitrogens with two attached hydrogens (primary N) is 1. The first kappa shape index (κ1) is 13.1. The van der Waals surface area contributed by atoms with Crippen molar-refractivity contribution in [3.63, 3.8) is 0 Å². The number of carbonyl (C=O) groups excluding carboxylic acids is 1. The van der Waals surface area contributed by atoms with Crippen LogP contribution in [0.15, 0.2) is 51.4 Å². The van der Waals surface area contributed by atoms with Crippen molar-refractivity contribution in [2.24, 2.45) is 0 Å². The van der Waals surface area contributed by atoms with Gasteiger partial charge in [0.1, 0.15) is 0 Å². The summed E-state index contributed by atoms with van der Waals surface area (Å²) in [7, 11) is 0. The van der Waals surface area contributed by atoms with Gasteiger partial charge in [-0.15, -0.1) is 0 Å². The number of hydrogen-bond acceptors (Lipinski definition) is 2. The Bertz CT molecular complexity index is 599. The van der Waals surface area contributed by atoms with Crippen LogP contribution in [-0.2, 0) is 0 Å². The number of amides is 1. The molecule has 0 aromatic heterocycles. The Hall–Kier alpha value is -1.33. The van der Waals surface area contributed by atoms with E-state index in [4.69, 9.17) is 5.73 Å². The molecule has 3 nitrogen and oxygen atoms in total. The number of nitrogens with one attached hydrogen (secondary N) is 1. The SMILES string of the molecule is Nc1ccc(C(=O)Nc2ccccc2Br)cc1Br. The van der Waals surface area contributed by atoms with Crippen LogP contribution < -0.4 is 11.1 Å². The molecule has 0 aliphatic heterocycles. The maximum atomic E-state index is 12.0. The molecule has 0 aliphatic carbocycles. The summed E-state index contributed by atoms with van der Waals surface area (Å²) in [4.78, 5) is 12.0. The molecule has 0 bridgehead atoms. The zero-order valence-corrected chi connectivity index (χ0v) is 12.5. The maximum Gasteiger partial charge on any atom is 0.255 e. The van der Waals surface area contributed by atoms with Crippen molar-refractivity contribution in [2.45, 2.75) is 0 Å². The van der Waals surface area contributed by atoms with E-state index in [0.29, 0.717) is 15.7 Å². The average Bonchev–Trinajstić information content (AvgIpc) is 2.35. The van der Waals surface area contributed by atoms with E-state index >= 15 is 0 Å². The van der Waals surface area contributed by atoms with Gasteiger partial charge >= 0.3 is 0 Å². The highest BCUT2D eigenvalue weighted by Gasteiger charge is 2.09. The molecule has 0 unspecified atom stereocenters. The molecule has 0 spiro atoms. The van der Waals surface area contributed by atoms with E-state index < -0.39 is 0 Å². The number of hydrogen-bond donors (Lipinski definition) is 2. The topological polar surface area (TPSA) is 55.1 Å². The summed E-state index contributed by atoms with van der Waals surface area (Å²) in [5.74, 6) is -0.178. The van der Waals surface area contributed by atoms with Crippen molar-refractivity contribution >= 4 is 49.1 Å². The smallest absolute Gasteiger partial charge is 0.255 e. The summed E-state index contributed by atoms with van der Waals surface area (Å²) in [6.07, 6.45) is 0.